The lowest BCUT2D eigenvalue weighted by Crippen LogP contribution is -2.48. The molecule has 0 saturated carbocycles. The van der Waals surface area contributed by atoms with E-state index in [0.717, 1.165) is 22.3 Å². The summed E-state index contributed by atoms with van der Waals surface area (Å²) in [6.07, 6.45) is 0.576. The minimum absolute atomic E-state index is 0.0807. The van der Waals surface area contributed by atoms with Crippen LogP contribution in [-0.4, -0.2) is 56.4 Å². The van der Waals surface area contributed by atoms with Gasteiger partial charge >= 0.3 is 12.1 Å². The van der Waals surface area contributed by atoms with E-state index in [2.05, 4.69) is 22.5 Å². The van der Waals surface area contributed by atoms with Gasteiger partial charge in [-0.15, -0.1) is 0 Å². The Balaban J connectivity index is 1.51. The third kappa shape index (κ3) is 4.75. The van der Waals surface area contributed by atoms with Gasteiger partial charge in [-0.25, -0.2) is 4.79 Å². The Hall–Kier alpha value is -4.14. The number of ether oxygens (including phenoxy) is 1. The molecule has 0 saturated heterocycles. The number of carboxylic acid groups (broad SMARTS) is 1. The van der Waals surface area contributed by atoms with Crippen molar-refractivity contribution in [3.8, 4) is 11.1 Å². The van der Waals surface area contributed by atoms with Crippen molar-refractivity contribution in [1.29, 1.82) is 0 Å². The van der Waals surface area contributed by atoms with E-state index in [1.807, 2.05) is 36.4 Å². The molecule has 1 heterocycles. The molecule has 0 fully saturated rings. The van der Waals surface area contributed by atoms with E-state index in [1.165, 1.54) is 15.8 Å². The zero-order valence-corrected chi connectivity index (χ0v) is 20.1. The number of hydrogen-bond donors (Lipinski definition) is 2. The van der Waals surface area contributed by atoms with Crippen molar-refractivity contribution in [2.75, 3.05) is 18.5 Å². The molecule has 0 bridgehead atoms. The van der Waals surface area contributed by atoms with E-state index < -0.39 is 30.1 Å². The predicted molar refractivity (Wildman–Crippen MR) is 130 cm³/mol. The lowest BCUT2D eigenvalue weighted by atomic mass is 9.98. The summed E-state index contributed by atoms with van der Waals surface area (Å²) in [5, 5.41) is 16.0. The van der Waals surface area contributed by atoms with E-state index >= 15 is 0 Å². The summed E-state index contributed by atoms with van der Waals surface area (Å²) >= 11 is 0. The van der Waals surface area contributed by atoms with Crippen molar-refractivity contribution in [3.05, 3.63) is 71.4 Å². The summed E-state index contributed by atoms with van der Waals surface area (Å²) in [7, 11) is 1.58. The van der Waals surface area contributed by atoms with Gasteiger partial charge < -0.3 is 14.7 Å². The minimum Gasteiger partial charge on any atom is -0.480 e. The molecule has 9 heteroatoms. The zero-order chi connectivity index (χ0) is 25.3. The van der Waals surface area contributed by atoms with E-state index in [4.69, 9.17) is 4.74 Å². The smallest absolute Gasteiger partial charge is 0.412 e. The van der Waals surface area contributed by atoms with Gasteiger partial charge in [-0.05, 0) is 43.0 Å². The van der Waals surface area contributed by atoms with Crippen LogP contribution in [0, 0.1) is 0 Å². The first kappa shape index (κ1) is 24.0. The largest absolute Gasteiger partial charge is 0.480 e. The number of carbonyl (C=O) groups is 3. The molecule has 2 N–H and O–H groups in total. The number of rotatable bonds is 6. The maximum Gasteiger partial charge on any atom is 0.412 e. The van der Waals surface area contributed by atoms with Crippen molar-refractivity contribution >= 4 is 23.8 Å². The van der Waals surface area contributed by atoms with Gasteiger partial charge in [0.25, 0.3) is 5.91 Å². The first-order valence-corrected chi connectivity index (χ1v) is 11.3. The highest BCUT2D eigenvalue weighted by molar-refractivity contribution is 6.02. The maximum atomic E-state index is 13.2. The van der Waals surface area contributed by atoms with Crippen molar-refractivity contribution in [2.24, 2.45) is 7.05 Å². The molecule has 2 aromatic carbocycles. The van der Waals surface area contributed by atoms with Gasteiger partial charge in [0.15, 0.2) is 0 Å². The summed E-state index contributed by atoms with van der Waals surface area (Å²) in [4.78, 5) is 38.5. The van der Waals surface area contributed by atoms with Gasteiger partial charge in [0.05, 0.1) is 6.20 Å². The monoisotopic (exact) mass is 476 g/mol. The number of anilines is 1. The molecule has 2 amide bonds. The highest BCUT2D eigenvalue weighted by atomic mass is 16.5. The van der Waals surface area contributed by atoms with Crippen LogP contribution >= 0.6 is 0 Å². The van der Waals surface area contributed by atoms with Crippen molar-refractivity contribution < 1.29 is 24.2 Å². The Kier molecular flexibility index (Phi) is 6.34. The van der Waals surface area contributed by atoms with E-state index in [-0.39, 0.29) is 23.9 Å². The van der Waals surface area contributed by atoms with Gasteiger partial charge in [-0.2, -0.15) is 5.10 Å². The SMILES string of the molecule is Cn1ncc(C(=O)N(CC(=O)O)C(C)(C)C)c1NC(=O)OCC1c2ccccc2-c2ccccc21. The number of aliphatic carboxylic acids is 1. The number of benzene rings is 2. The van der Waals surface area contributed by atoms with Crippen LogP contribution in [0.5, 0.6) is 0 Å². The van der Waals surface area contributed by atoms with E-state index in [1.54, 1.807) is 27.8 Å². The van der Waals surface area contributed by atoms with Crippen molar-refractivity contribution in [3.63, 3.8) is 0 Å². The Morgan fingerprint density at radius 1 is 1.06 bits per heavy atom. The van der Waals surface area contributed by atoms with Crippen LogP contribution < -0.4 is 5.32 Å². The molecule has 1 aliphatic carbocycles. The van der Waals surface area contributed by atoms with Crippen LogP contribution in [0.25, 0.3) is 11.1 Å². The fourth-order valence-electron chi connectivity index (χ4n) is 4.37. The molecule has 35 heavy (non-hydrogen) atoms. The quantitative estimate of drug-likeness (QED) is 0.554. The fraction of sp³-hybridized carbons (Fsp3) is 0.308. The molecule has 0 unspecified atom stereocenters. The molecule has 0 aliphatic heterocycles. The molecule has 4 rings (SSSR count). The van der Waals surface area contributed by atoms with Gasteiger partial charge in [0, 0.05) is 18.5 Å². The van der Waals surface area contributed by atoms with Gasteiger partial charge in [-0.1, -0.05) is 48.5 Å². The third-order valence-corrected chi connectivity index (χ3v) is 6.08. The average Bonchev–Trinajstić information content (AvgIpc) is 3.32. The minimum atomic E-state index is -1.14. The van der Waals surface area contributed by atoms with Crippen molar-refractivity contribution in [1.82, 2.24) is 14.7 Å². The Morgan fingerprint density at radius 2 is 1.63 bits per heavy atom. The molecule has 0 radical (unpaired) electrons. The molecule has 0 atom stereocenters. The first-order chi connectivity index (χ1) is 16.6. The normalized spacial score (nSPS) is 12.6. The number of hydrogen-bond acceptors (Lipinski definition) is 5. The van der Waals surface area contributed by atoms with E-state index in [9.17, 15) is 19.5 Å². The van der Waals surface area contributed by atoms with Gasteiger partial charge in [-0.3, -0.25) is 19.6 Å². The lowest BCUT2D eigenvalue weighted by Gasteiger charge is -2.34. The van der Waals surface area contributed by atoms with Crippen LogP contribution in [-0.2, 0) is 16.6 Å². The number of carbonyl (C=O) groups excluding carboxylic acids is 2. The molecular weight excluding hydrogens is 448 g/mol. The number of amides is 2. The molecule has 3 aromatic rings. The second kappa shape index (κ2) is 9.25. The second-order valence-corrected chi connectivity index (χ2v) is 9.44. The van der Waals surface area contributed by atoms with Crippen LogP contribution in [0.15, 0.2) is 54.7 Å². The number of nitrogens with zero attached hydrogens (tertiary/aromatic N) is 3. The number of nitrogens with one attached hydrogen (secondary N) is 1. The maximum absolute atomic E-state index is 13.2. The molecule has 182 valence electrons. The lowest BCUT2D eigenvalue weighted by molar-refractivity contribution is -0.138. The van der Waals surface area contributed by atoms with Crippen LogP contribution in [0.1, 0.15) is 48.2 Å². The standard InChI is InChI=1S/C26H28N4O5/c1-26(2,3)30(14-22(31)32)24(33)20-13-27-29(4)23(20)28-25(34)35-15-21-18-11-7-5-9-16(18)17-10-6-8-12-19(17)21/h5-13,21H,14-15H2,1-4H3,(H,28,34)(H,31,32). The highest BCUT2D eigenvalue weighted by Gasteiger charge is 2.33. The summed E-state index contributed by atoms with van der Waals surface area (Å²) < 4.78 is 6.93. The molecule has 1 aliphatic rings. The summed E-state index contributed by atoms with van der Waals surface area (Å²) in [5.74, 6) is -1.66. The van der Waals surface area contributed by atoms with Crippen LogP contribution in [0.3, 0.4) is 0 Å². The van der Waals surface area contributed by atoms with Gasteiger partial charge in [0.2, 0.25) is 0 Å². The van der Waals surface area contributed by atoms with Crippen LogP contribution in [0.2, 0.25) is 0 Å². The molecule has 0 spiro atoms. The predicted octanol–water partition coefficient (Wildman–Crippen LogP) is 4.11. The summed E-state index contributed by atoms with van der Waals surface area (Å²) in [6.45, 7) is 4.85. The molecule has 1 aromatic heterocycles. The zero-order valence-electron chi connectivity index (χ0n) is 20.1. The topological polar surface area (TPSA) is 114 Å². The third-order valence-electron chi connectivity index (χ3n) is 6.08. The second-order valence-electron chi connectivity index (χ2n) is 9.44. The highest BCUT2D eigenvalue weighted by Crippen LogP contribution is 2.44. The van der Waals surface area contributed by atoms with E-state index in [0.29, 0.717) is 0 Å². The molecular formula is C26H28N4O5. The average molecular weight is 477 g/mol. The fourth-order valence-corrected chi connectivity index (χ4v) is 4.37. The number of aryl methyl sites for hydroxylation is 1. The van der Waals surface area contributed by atoms with Gasteiger partial charge in [0.1, 0.15) is 24.5 Å². The summed E-state index contributed by atoms with van der Waals surface area (Å²) in [6, 6.07) is 16.1. The Labute approximate surface area is 203 Å². The first-order valence-electron chi connectivity index (χ1n) is 11.3. The van der Waals surface area contributed by atoms with Crippen LogP contribution in [0.4, 0.5) is 10.6 Å². The number of carboxylic acids is 1. The van der Waals surface area contributed by atoms with Crippen molar-refractivity contribution in [2.45, 2.75) is 32.2 Å². The number of aromatic nitrogens is 2. The Morgan fingerprint density at radius 3 is 2.17 bits per heavy atom. The number of fused-ring (bicyclic) bond motifs is 3. The Bertz CT molecular complexity index is 1250. The molecule has 9 nitrogen and oxygen atoms in total. The summed E-state index contributed by atoms with van der Waals surface area (Å²) in [5.41, 5.74) is 3.75.